The average molecular weight is 472 g/mol. The van der Waals surface area contributed by atoms with Gasteiger partial charge >= 0.3 is 5.97 Å². The Kier molecular flexibility index (Phi) is 10.1. The van der Waals surface area contributed by atoms with Gasteiger partial charge in [0.2, 0.25) is 0 Å². The molecule has 1 heterocycles. The summed E-state index contributed by atoms with van der Waals surface area (Å²) in [6, 6.07) is 18.9. The van der Waals surface area contributed by atoms with E-state index in [0.29, 0.717) is 17.9 Å². The Morgan fingerprint density at radius 2 is 1.66 bits per heavy atom. The number of hydrogen-bond donors (Lipinski definition) is 1. The van der Waals surface area contributed by atoms with Crippen LogP contribution in [0.5, 0.6) is 5.75 Å². The second-order valence-electron chi connectivity index (χ2n) is 8.54. The zero-order valence-corrected chi connectivity index (χ0v) is 20.3. The van der Waals surface area contributed by atoms with Gasteiger partial charge in [0.1, 0.15) is 17.4 Å². The van der Waals surface area contributed by atoms with Crippen molar-refractivity contribution in [1.29, 1.82) is 5.26 Å². The first-order valence-corrected chi connectivity index (χ1v) is 12.4. The number of rotatable bonds is 14. The third-order valence-corrected chi connectivity index (χ3v) is 5.81. The van der Waals surface area contributed by atoms with Gasteiger partial charge in [0.25, 0.3) is 0 Å². The molecule has 0 aliphatic carbocycles. The summed E-state index contributed by atoms with van der Waals surface area (Å²) in [6.45, 7) is 2.93. The van der Waals surface area contributed by atoms with E-state index in [1.807, 2.05) is 54.6 Å². The zero-order chi connectivity index (χ0) is 24.9. The van der Waals surface area contributed by atoms with E-state index in [1.54, 1.807) is 16.9 Å². The van der Waals surface area contributed by atoms with Crippen LogP contribution in [0.3, 0.4) is 0 Å². The first-order valence-electron chi connectivity index (χ1n) is 12.4. The van der Waals surface area contributed by atoms with Gasteiger partial charge in [-0.2, -0.15) is 10.4 Å². The highest BCUT2D eigenvalue weighted by molar-refractivity contribution is 5.97. The van der Waals surface area contributed by atoms with Gasteiger partial charge in [-0.25, -0.2) is 9.48 Å². The molecule has 35 heavy (non-hydrogen) atoms. The molecule has 0 atom stereocenters. The lowest BCUT2D eigenvalue weighted by Gasteiger charge is -2.07. The summed E-state index contributed by atoms with van der Waals surface area (Å²) in [4.78, 5) is 11.4. The highest BCUT2D eigenvalue weighted by atomic mass is 16.5. The molecule has 0 fully saturated rings. The Hall–Kier alpha value is -3.85. The van der Waals surface area contributed by atoms with Crippen LogP contribution in [-0.2, 0) is 4.79 Å². The van der Waals surface area contributed by atoms with Crippen LogP contribution < -0.4 is 4.74 Å². The van der Waals surface area contributed by atoms with Gasteiger partial charge in [-0.05, 0) is 48.9 Å². The van der Waals surface area contributed by atoms with Gasteiger partial charge in [-0.1, -0.05) is 70.1 Å². The molecule has 0 saturated heterocycles. The summed E-state index contributed by atoms with van der Waals surface area (Å²) in [5.41, 5.74) is 2.46. The summed E-state index contributed by atoms with van der Waals surface area (Å²) < 4.78 is 7.59. The van der Waals surface area contributed by atoms with Gasteiger partial charge in [-0.3, -0.25) is 0 Å². The maximum atomic E-state index is 11.4. The van der Waals surface area contributed by atoms with Crippen molar-refractivity contribution in [3.05, 3.63) is 71.9 Å². The summed E-state index contributed by atoms with van der Waals surface area (Å²) in [5, 5.41) is 23.2. The molecule has 0 amide bonds. The number of unbranched alkanes of at least 4 members (excludes halogenated alkanes) is 7. The van der Waals surface area contributed by atoms with E-state index in [4.69, 9.17) is 4.74 Å². The lowest BCUT2D eigenvalue weighted by Crippen LogP contribution is -1.98. The Morgan fingerprint density at radius 1 is 1.00 bits per heavy atom. The molecule has 182 valence electrons. The summed E-state index contributed by atoms with van der Waals surface area (Å²) in [6.07, 6.45) is 13.2. The van der Waals surface area contributed by atoms with E-state index in [1.165, 1.54) is 51.0 Å². The highest BCUT2D eigenvalue weighted by Gasteiger charge is 2.14. The number of aliphatic carboxylic acids is 1. The summed E-state index contributed by atoms with van der Waals surface area (Å²) in [7, 11) is 0. The van der Waals surface area contributed by atoms with E-state index < -0.39 is 5.97 Å². The van der Waals surface area contributed by atoms with Gasteiger partial charge in [0, 0.05) is 17.3 Å². The third kappa shape index (κ3) is 7.86. The molecule has 0 unspecified atom stereocenters. The molecule has 0 bridgehead atoms. The van der Waals surface area contributed by atoms with Crippen molar-refractivity contribution in [2.24, 2.45) is 0 Å². The number of para-hydroxylation sites is 1. The van der Waals surface area contributed by atoms with Crippen LogP contribution in [0, 0.1) is 11.3 Å². The monoisotopic (exact) mass is 471 g/mol. The molecule has 0 radical (unpaired) electrons. The molecule has 0 saturated carbocycles. The fourth-order valence-corrected chi connectivity index (χ4v) is 3.86. The minimum absolute atomic E-state index is 0.343. The van der Waals surface area contributed by atoms with E-state index in [0.717, 1.165) is 23.4 Å². The Labute approximate surface area is 207 Å². The van der Waals surface area contributed by atoms with Crippen LogP contribution in [0.25, 0.3) is 23.0 Å². The Balaban J connectivity index is 1.67. The van der Waals surface area contributed by atoms with Gasteiger partial charge in [0.15, 0.2) is 0 Å². The van der Waals surface area contributed by atoms with Crippen LogP contribution in [-0.4, -0.2) is 27.5 Å². The zero-order valence-electron chi connectivity index (χ0n) is 20.3. The van der Waals surface area contributed by atoms with Crippen molar-refractivity contribution in [3.8, 4) is 28.8 Å². The fourth-order valence-electron chi connectivity index (χ4n) is 3.86. The molecule has 0 aliphatic heterocycles. The highest BCUT2D eigenvalue weighted by Crippen LogP contribution is 2.27. The number of carboxylic acid groups (broad SMARTS) is 1. The number of carboxylic acids is 1. The Morgan fingerprint density at radius 3 is 2.29 bits per heavy atom. The van der Waals surface area contributed by atoms with Crippen molar-refractivity contribution in [1.82, 2.24) is 9.78 Å². The fraction of sp³-hybridized carbons (Fsp3) is 0.345. The van der Waals surface area contributed by atoms with Crippen LogP contribution in [0.1, 0.15) is 63.9 Å². The number of nitrogens with zero attached hydrogens (tertiary/aromatic N) is 3. The topological polar surface area (TPSA) is 88.1 Å². The van der Waals surface area contributed by atoms with Crippen LogP contribution in [0.15, 0.2) is 66.4 Å². The molecule has 6 nitrogen and oxygen atoms in total. The van der Waals surface area contributed by atoms with Gasteiger partial charge < -0.3 is 9.84 Å². The van der Waals surface area contributed by atoms with E-state index in [2.05, 4.69) is 12.0 Å². The third-order valence-electron chi connectivity index (χ3n) is 5.81. The summed E-state index contributed by atoms with van der Waals surface area (Å²) >= 11 is 0. The second-order valence-corrected chi connectivity index (χ2v) is 8.54. The van der Waals surface area contributed by atoms with Crippen molar-refractivity contribution in [2.75, 3.05) is 6.61 Å². The first-order chi connectivity index (χ1) is 17.1. The van der Waals surface area contributed by atoms with Crippen LogP contribution in [0.4, 0.5) is 0 Å². The van der Waals surface area contributed by atoms with E-state index in [-0.39, 0.29) is 5.57 Å². The summed E-state index contributed by atoms with van der Waals surface area (Å²) in [5.74, 6) is -0.477. The molecule has 2 aromatic carbocycles. The SMILES string of the molecule is CCCCCCCCCCOc1ccc(-c2nn(-c3ccccc3)cc2/C=C(/C#N)C(=O)O)cc1. The van der Waals surface area contributed by atoms with Crippen molar-refractivity contribution in [3.63, 3.8) is 0 Å². The molecule has 6 heteroatoms. The molecule has 1 aromatic heterocycles. The van der Waals surface area contributed by atoms with Crippen molar-refractivity contribution in [2.45, 2.75) is 58.3 Å². The lowest BCUT2D eigenvalue weighted by molar-refractivity contribution is -0.132. The molecular formula is C29H33N3O3. The van der Waals surface area contributed by atoms with Crippen LogP contribution >= 0.6 is 0 Å². The Bertz CT molecular complexity index is 1140. The average Bonchev–Trinajstić information content (AvgIpc) is 3.31. The largest absolute Gasteiger partial charge is 0.494 e. The number of aromatic nitrogens is 2. The minimum atomic E-state index is -1.27. The number of nitriles is 1. The molecular weight excluding hydrogens is 438 g/mol. The first kappa shape index (κ1) is 25.8. The van der Waals surface area contributed by atoms with Crippen molar-refractivity contribution >= 4 is 12.0 Å². The van der Waals surface area contributed by atoms with Gasteiger partial charge in [-0.15, -0.1) is 0 Å². The number of benzene rings is 2. The molecule has 3 rings (SSSR count). The minimum Gasteiger partial charge on any atom is -0.494 e. The van der Waals surface area contributed by atoms with Crippen molar-refractivity contribution < 1.29 is 14.6 Å². The van der Waals surface area contributed by atoms with Crippen LogP contribution in [0.2, 0.25) is 0 Å². The molecule has 0 aliphatic rings. The number of carbonyl (C=O) groups is 1. The number of ether oxygens (including phenoxy) is 1. The van der Waals surface area contributed by atoms with E-state index >= 15 is 0 Å². The maximum Gasteiger partial charge on any atom is 0.346 e. The molecule has 3 aromatic rings. The van der Waals surface area contributed by atoms with E-state index in [9.17, 15) is 15.2 Å². The quantitative estimate of drug-likeness (QED) is 0.155. The standard InChI is InChI=1S/C29H33N3O3/c1-2-3-4-5-6-7-8-12-19-35-27-17-15-23(16-18-27)28-25(20-24(21-30)29(33)34)22-32(31-28)26-13-10-9-11-14-26/h9-11,13-18,20,22H,2-8,12,19H2,1H3,(H,33,34)/b24-20-. The lowest BCUT2D eigenvalue weighted by atomic mass is 10.1. The predicted octanol–water partition coefficient (Wildman–Crippen LogP) is 7.05. The molecule has 1 N–H and O–H groups in total. The second kappa shape index (κ2) is 13.8. The van der Waals surface area contributed by atoms with Gasteiger partial charge in [0.05, 0.1) is 18.0 Å². The predicted molar refractivity (Wildman–Crippen MR) is 138 cm³/mol. The maximum absolute atomic E-state index is 11.4. The normalized spacial score (nSPS) is 11.3. The number of hydrogen-bond acceptors (Lipinski definition) is 4. The molecule has 0 spiro atoms. The smallest absolute Gasteiger partial charge is 0.346 e.